The largest absolute Gasteiger partial charge is 0.506 e. The van der Waals surface area contributed by atoms with Gasteiger partial charge < -0.3 is 19.9 Å². The molecule has 7 heteroatoms. The lowest BCUT2D eigenvalue weighted by Gasteiger charge is -2.22. The summed E-state index contributed by atoms with van der Waals surface area (Å²) in [6, 6.07) is 10.3. The van der Waals surface area contributed by atoms with Gasteiger partial charge in [-0.15, -0.1) is 0 Å². The number of fused-ring (bicyclic) bond motifs is 1. The van der Waals surface area contributed by atoms with Gasteiger partial charge >= 0.3 is 0 Å². The molecule has 3 heterocycles. The number of carbonyl (C=O) groups excluding carboxylic acids is 1. The molecule has 1 aliphatic heterocycles. The van der Waals surface area contributed by atoms with Gasteiger partial charge in [0, 0.05) is 30.5 Å². The third kappa shape index (κ3) is 4.20. The van der Waals surface area contributed by atoms with E-state index >= 15 is 0 Å². The molecule has 0 unspecified atom stereocenters. The van der Waals surface area contributed by atoms with Crippen molar-refractivity contribution in [2.75, 3.05) is 25.1 Å². The molecule has 1 amide bonds. The standard InChI is InChI=1S/C21H21N3O4/c25-17-2-4-19(23-12-17)20(26)24-16-1-3-18-15(11-16)5-8-22-21(18)28-13-14-6-9-27-10-7-14/h1-5,8,11-12,14,25H,6-7,9-10,13H2,(H,24,26). The number of anilines is 1. The highest BCUT2D eigenvalue weighted by Gasteiger charge is 2.16. The van der Waals surface area contributed by atoms with Crippen molar-refractivity contribution in [2.24, 2.45) is 5.92 Å². The van der Waals surface area contributed by atoms with Crippen molar-refractivity contribution in [1.82, 2.24) is 9.97 Å². The fourth-order valence-electron chi connectivity index (χ4n) is 3.17. The molecule has 0 bridgehead atoms. The average molecular weight is 379 g/mol. The van der Waals surface area contributed by atoms with Gasteiger partial charge in [-0.3, -0.25) is 4.79 Å². The Morgan fingerprint density at radius 2 is 2.04 bits per heavy atom. The predicted octanol–water partition coefficient (Wildman–Crippen LogP) is 3.39. The second kappa shape index (κ2) is 8.22. The lowest BCUT2D eigenvalue weighted by atomic mass is 10.0. The molecule has 3 aromatic rings. The van der Waals surface area contributed by atoms with Crippen molar-refractivity contribution in [2.45, 2.75) is 12.8 Å². The van der Waals surface area contributed by atoms with E-state index in [0.29, 0.717) is 24.1 Å². The van der Waals surface area contributed by atoms with E-state index in [-0.39, 0.29) is 17.4 Å². The zero-order valence-electron chi connectivity index (χ0n) is 15.3. The van der Waals surface area contributed by atoms with Crippen LogP contribution in [0.3, 0.4) is 0 Å². The van der Waals surface area contributed by atoms with Gasteiger partial charge in [0.15, 0.2) is 0 Å². The van der Waals surface area contributed by atoms with Gasteiger partial charge in [0.2, 0.25) is 5.88 Å². The summed E-state index contributed by atoms with van der Waals surface area (Å²) in [6.07, 6.45) is 4.95. The number of hydrogen-bond donors (Lipinski definition) is 2. The lowest BCUT2D eigenvalue weighted by molar-refractivity contribution is 0.0493. The smallest absolute Gasteiger partial charge is 0.274 e. The number of carbonyl (C=O) groups is 1. The maximum absolute atomic E-state index is 12.3. The summed E-state index contributed by atoms with van der Waals surface area (Å²) in [4.78, 5) is 20.6. The summed E-state index contributed by atoms with van der Waals surface area (Å²) in [6.45, 7) is 2.20. The highest BCUT2D eigenvalue weighted by Crippen LogP contribution is 2.27. The molecular formula is C21H21N3O4. The van der Waals surface area contributed by atoms with Gasteiger partial charge in [0.05, 0.1) is 12.8 Å². The first-order valence-electron chi connectivity index (χ1n) is 9.25. The van der Waals surface area contributed by atoms with Crippen LogP contribution in [-0.2, 0) is 4.74 Å². The first-order valence-corrected chi connectivity index (χ1v) is 9.25. The Labute approximate surface area is 162 Å². The van der Waals surface area contributed by atoms with Crippen LogP contribution in [0.15, 0.2) is 48.8 Å². The Bertz CT molecular complexity index is 969. The number of hydrogen-bond acceptors (Lipinski definition) is 6. The topological polar surface area (TPSA) is 93.6 Å². The van der Waals surface area contributed by atoms with Crippen LogP contribution in [0.1, 0.15) is 23.3 Å². The number of rotatable bonds is 5. The molecule has 0 radical (unpaired) electrons. The fourth-order valence-corrected chi connectivity index (χ4v) is 3.17. The summed E-state index contributed by atoms with van der Waals surface area (Å²) in [5, 5.41) is 13.9. The summed E-state index contributed by atoms with van der Waals surface area (Å²) >= 11 is 0. The van der Waals surface area contributed by atoms with E-state index in [2.05, 4.69) is 15.3 Å². The SMILES string of the molecule is O=C(Nc1ccc2c(OCC3CCOCC3)nccc2c1)c1ccc(O)cn1. The Hall–Kier alpha value is -3.19. The van der Waals surface area contributed by atoms with Crippen LogP contribution in [0.5, 0.6) is 11.6 Å². The minimum atomic E-state index is -0.343. The van der Waals surface area contributed by atoms with Gasteiger partial charge in [-0.2, -0.15) is 0 Å². The molecule has 28 heavy (non-hydrogen) atoms. The van der Waals surface area contributed by atoms with E-state index in [1.807, 2.05) is 24.3 Å². The number of ether oxygens (including phenoxy) is 2. The molecule has 4 rings (SSSR count). The second-order valence-electron chi connectivity index (χ2n) is 6.77. The van der Waals surface area contributed by atoms with Crippen LogP contribution in [0.4, 0.5) is 5.69 Å². The number of amides is 1. The summed E-state index contributed by atoms with van der Waals surface area (Å²) < 4.78 is 11.4. The molecule has 0 saturated carbocycles. The van der Waals surface area contributed by atoms with Crippen LogP contribution in [-0.4, -0.2) is 40.8 Å². The van der Waals surface area contributed by atoms with Crippen LogP contribution >= 0.6 is 0 Å². The van der Waals surface area contributed by atoms with Crippen LogP contribution in [0, 0.1) is 5.92 Å². The fraction of sp³-hybridized carbons (Fsp3) is 0.286. The monoisotopic (exact) mass is 379 g/mol. The minimum absolute atomic E-state index is 0.0167. The Balaban J connectivity index is 1.48. The van der Waals surface area contributed by atoms with Gasteiger partial charge in [0.1, 0.15) is 11.4 Å². The molecule has 1 fully saturated rings. The molecule has 0 atom stereocenters. The number of nitrogens with one attached hydrogen (secondary N) is 1. The summed E-state index contributed by atoms with van der Waals surface area (Å²) in [5.41, 5.74) is 0.877. The molecule has 7 nitrogen and oxygen atoms in total. The quantitative estimate of drug-likeness (QED) is 0.706. The number of aromatic hydroxyl groups is 1. The van der Waals surface area contributed by atoms with Gasteiger partial charge in [-0.1, -0.05) is 0 Å². The van der Waals surface area contributed by atoms with E-state index in [9.17, 15) is 9.90 Å². The summed E-state index contributed by atoms with van der Waals surface area (Å²) in [7, 11) is 0. The average Bonchev–Trinajstić information content (AvgIpc) is 2.73. The Morgan fingerprint density at radius 3 is 2.82 bits per heavy atom. The van der Waals surface area contributed by atoms with Gasteiger partial charge in [0.25, 0.3) is 5.91 Å². The lowest BCUT2D eigenvalue weighted by Crippen LogP contribution is -2.21. The zero-order chi connectivity index (χ0) is 19.3. The van der Waals surface area contributed by atoms with Crippen LogP contribution in [0.2, 0.25) is 0 Å². The maximum atomic E-state index is 12.3. The molecule has 2 N–H and O–H groups in total. The number of pyridine rings is 2. The Morgan fingerprint density at radius 1 is 1.18 bits per heavy atom. The molecular weight excluding hydrogens is 358 g/mol. The Kier molecular flexibility index (Phi) is 5.34. The molecule has 0 spiro atoms. The summed E-state index contributed by atoms with van der Waals surface area (Å²) in [5.74, 6) is 0.761. The minimum Gasteiger partial charge on any atom is -0.506 e. The van der Waals surface area contributed by atoms with E-state index in [0.717, 1.165) is 36.8 Å². The van der Waals surface area contributed by atoms with Crippen molar-refractivity contribution < 1.29 is 19.4 Å². The molecule has 1 aliphatic rings. The molecule has 2 aromatic heterocycles. The van der Waals surface area contributed by atoms with Crippen molar-refractivity contribution in [3.63, 3.8) is 0 Å². The molecule has 0 aliphatic carbocycles. The maximum Gasteiger partial charge on any atom is 0.274 e. The second-order valence-corrected chi connectivity index (χ2v) is 6.77. The van der Waals surface area contributed by atoms with Crippen LogP contribution < -0.4 is 10.1 Å². The highest BCUT2D eigenvalue weighted by atomic mass is 16.5. The molecule has 144 valence electrons. The van der Waals surface area contributed by atoms with E-state index in [4.69, 9.17) is 9.47 Å². The van der Waals surface area contributed by atoms with Crippen molar-refractivity contribution in [1.29, 1.82) is 0 Å². The zero-order valence-corrected chi connectivity index (χ0v) is 15.3. The molecule has 1 saturated heterocycles. The van der Waals surface area contributed by atoms with E-state index in [1.54, 1.807) is 6.20 Å². The van der Waals surface area contributed by atoms with Gasteiger partial charge in [-0.25, -0.2) is 9.97 Å². The van der Waals surface area contributed by atoms with Crippen molar-refractivity contribution >= 4 is 22.4 Å². The predicted molar refractivity (Wildman–Crippen MR) is 105 cm³/mol. The number of aromatic nitrogens is 2. The van der Waals surface area contributed by atoms with E-state index in [1.165, 1.54) is 18.3 Å². The first-order chi connectivity index (χ1) is 13.7. The number of nitrogens with zero attached hydrogens (tertiary/aromatic N) is 2. The van der Waals surface area contributed by atoms with Crippen molar-refractivity contribution in [3.8, 4) is 11.6 Å². The normalized spacial score (nSPS) is 14.7. The third-order valence-corrected chi connectivity index (χ3v) is 4.76. The highest BCUT2D eigenvalue weighted by molar-refractivity contribution is 6.04. The van der Waals surface area contributed by atoms with E-state index < -0.39 is 0 Å². The van der Waals surface area contributed by atoms with Crippen LogP contribution in [0.25, 0.3) is 10.8 Å². The third-order valence-electron chi connectivity index (χ3n) is 4.76. The molecule has 1 aromatic carbocycles. The van der Waals surface area contributed by atoms with Crippen molar-refractivity contribution in [3.05, 3.63) is 54.5 Å². The first kappa shape index (κ1) is 18.2. The van der Waals surface area contributed by atoms with Gasteiger partial charge in [-0.05, 0) is 60.5 Å². The number of benzene rings is 1.